The molecular formula is C19H30ClN3O2S. The van der Waals surface area contributed by atoms with Gasteiger partial charge in [0.2, 0.25) is 11.8 Å². The Morgan fingerprint density at radius 2 is 2.15 bits per heavy atom. The van der Waals surface area contributed by atoms with Gasteiger partial charge in [0.25, 0.3) is 0 Å². The summed E-state index contributed by atoms with van der Waals surface area (Å²) in [5.41, 5.74) is 1.39. The number of halogens is 1. The van der Waals surface area contributed by atoms with Gasteiger partial charge in [-0.1, -0.05) is 0 Å². The topological polar surface area (TPSA) is 52.7 Å². The van der Waals surface area contributed by atoms with E-state index in [1.54, 1.807) is 0 Å². The van der Waals surface area contributed by atoms with Gasteiger partial charge in [0.15, 0.2) is 0 Å². The Bertz CT molecular complexity index is 634. The van der Waals surface area contributed by atoms with Crippen molar-refractivity contribution in [1.82, 2.24) is 15.1 Å². The molecule has 146 valence electrons. The molecule has 0 saturated carbocycles. The van der Waals surface area contributed by atoms with Gasteiger partial charge in [0.1, 0.15) is 0 Å². The van der Waals surface area contributed by atoms with Crippen LogP contribution in [0.5, 0.6) is 0 Å². The maximum Gasteiger partial charge on any atom is 0.236 e. The molecule has 3 rings (SSSR count). The highest BCUT2D eigenvalue weighted by atomic mass is 35.5. The molecule has 1 aromatic rings. The Morgan fingerprint density at radius 3 is 2.85 bits per heavy atom. The fraction of sp³-hybridized carbons (Fsp3) is 0.684. The van der Waals surface area contributed by atoms with Crippen LogP contribution in [0.3, 0.4) is 0 Å². The lowest BCUT2D eigenvalue weighted by molar-refractivity contribution is -0.140. The van der Waals surface area contributed by atoms with E-state index in [0.717, 1.165) is 45.3 Å². The zero-order valence-corrected chi connectivity index (χ0v) is 17.4. The van der Waals surface area contributed by atoms with E-state index in [1.807, 2.05) is 21.1 Å². The van der Waals surface area contributed by atoms with Gasteiger partial charge in [-0.2, -0.15) is 0 Å². The van der Waals surface area contributed by atoms with Crippen molar-refractivity contribution in [2.24, 2.45) is 0 Å². The van der Waals surface area contributed by atoms with Crippen LogP contribution < -0.4 is 5.32 Å². The van der Waals surface area contributed by atoms with Crippen molar-refractivity contribution >= 4 is 35.6 Å². The largest absolute Gasteiger partial charge is 0.341 e. The van der Waals surface area contributed by atoms with E-state index < -0.39 is 0 Å². The summed E-state index contributed by atoms with van der Waals surface area (Å²) < 4.78 is 0. The summed E-state index contributed by atoms with van der Waals surface area (Å²) in [5.74, 6) is 0.422. The standard InChI is InChI=1S/C19H29N3O2S.ClH/c1-14-11-16(15(2)25-14)5-3-7-18(23)21-9-4-6-17(13-21)22-10-8-20-12-19(22)24;/h11,17,20H,3-10,12-13H2,1-2H3;1H. The van der Waals surface area contributed by atoms with E-state index >= 15 is 0 Å². The van der Waals surface area contributed by atoms with Crippen molar-refractivity contribution in [3.63, 3.8) is 0 Å². The minimum Gasteiger partial charge on any atom is -0.341 e. The van der Waals surface area contributed by atoms with E-state index in [4.69, 9.17) is 0 Å². The highest BCUT2D eigenvalue weighted by molar-refractivity contribution is 7.12. The van der Waals surface area contributed by atoms with Crippen molar-refractivity contribution in [1.29, 1.82) is 0 Å². The maximum atomic E-state index is 12.6. The van der Waals surface area contributed by atoms with Gasteiger partial charge in [-0.05, 0) is 51.2 Å². The zero-order chi connectivity index (χ0) is 17.8. The smallest absolute Gasteiger partial charge is 0.236 e. The van der Waals surface area contributed by atoms with Crippen molar-refractivity contribution in [2.45, 2.75) is 52.0 Å². The first-order chi connectivity index (χ1) is 12.0. The first-order valence-corrected chi connectivity index (χ1v) is 10.2. The molecule has 1 unspecified atom stereocenters. The minimum absolute atomic E-state index is 0. The van der Waals surface area contributed by atoms with Gasteiger partial charge in [-0.15, -0.1) is 23.7 Å². The molecule has 1 aromatic heterocycles. The van der Waals surface area contributed by atoms with Crippen LogP contribution in [0.15, 0.2) is 6.07 Å². The first kappa shape index (κ1) is 21.2. The molecule has 26 heavy (non-hydrogen) atoms. The second-order valence-electron chi connectivity index (χ2n) is 7.19. The molecule has 2 aliphatic heterocycles. The molecular weight excluding hydrogens is 370 g/mol. The molecule has 1 atom stereocenters. The van der Waals surface area contributed by atoms with Crippen molar-refractivity contribution in [3.05, 3.63) is 21.4 Å². The third-order valence-corrected chi connectivity index (χ3v) is 6.30. The number of nitrogens with one attached hydrogen (secondary N) is 1. The number of piperazine rings is 1. The van der Waals surface area contributed by atoms with Gasteiger partial charge >= 0.3 is 0 Å². The van der Waals surface area contributed by atoms with Crippen LogP contribution in [0, 0.1) is 13.8 Å². The van der Waals surface area contributed by atoms with Gasteiger partial charge in [0, 0.05) is 48.4 Å². The van der Waals surface area contributed by atoms with E-state index in [1.165, 1.54) is 15.3 Å². The summed E-state index contributed by atoms with van der Waals surface area (Å²) in [5, 5.41) is 3.12. The molecule has 0 bridgehead atoms. The molecule has 7 heteroatoms. The van der Waals surface area contributed by atoms with Crippen LogP contribution in [0.25, 0.3) is 0 Å². The van der Waals surface area contributed by atoms with E-state index in [-0.39, 0.29) is 30.3 Å². The number of carbonyl (C=O) groups excluding carboxylic acids is 2. The van der Waals surface area contributed by atoms with E-state index in [0.29, 0.717) is 19.5 Å². The zero-order valence-electron chi connectivity index (χ0n) is 15.8. The van der Waals surface area contributed by atoms with Gasteiger partial charge < -0.3 is 15.1 Å². The lowest BCUT2D eigenvalue weighted by Crippen LogP contribution is -2.57. The predicted molar refractivity (Wildman–Crippen MR) is 108 cm³/mol. The van der Waals surface area contributed by atoms with E-state index in [2.05, 4.69) is 25.2 Å². The number of rotatable bonds is 5. The number of hydrogen-bond donors (Lipinski definition) is 1. The second kappa shape index (κ2) is 9.72. The third kappa shape index (κ3) is 5.21. The number of nitrogens with zero attached hydrogens (tertiary/aromatic N) is 2. The Morgan fingerprint density at radius 1 is 1.35 bits per heavy atom. The number of aryl methyl sites for hydroxylation is 3. The summed E-state index contributed by atoms with van der Waals surface area (Å²) in [6.07, 6.45) is 4.51. The fourth-order valence-electron chi connectivity index (χ4n) is 3.96. The number of likely N-dealkylation sites (tertiary alicyclic amines) is 1. The molecule has 0 spiro atoms. The van der Waals surface area contributed by atoms with Gasteiger partial charge in [-0.3, -0.25) is 9.59 Å². The molecule has 2 amide bonds. The molecule has 5 nitrogen and oxygen atoms in total. The normalized spacial score (nSPS) is 20.8. The first-order valence-electron chi connectivity index (χ1n) is 9.38. The summed E-state index contributed by atoms with van der Waals surface area (Å²) in [6, 6.07) is 2.45. The highest BCUT2D eigenvalue weighted by Gasteiger charge is 2.31. The van der Waals surface area contributed by atoms with Crippen LogP contribution in [0.2, 0.25) is 0 Å². The van der Waals surface area contributed by atoms with Crippen LogP contribution in [0.4, 0.5) is 0 Å². The Hall–Kier alpha value is -1.11. The average Bonchev–Trinajstić information content (AvgIpc) is 2.93. The molecule has 0 aliphatic carbocycles. The van der Waals surface area contributed by atoms with Crippen molar-refractivity contribution in [2.75, 3.05) is 32.7 Å². The van der Waals surface area contributed by atoms with Crippen LogP contribution in [-0.4, -0.2) is 60.4 Å². The fourth-order valence-corrected chi connectivity index (χ4v) is 4.94. The molecule has 1 N–H and O–H groups in total. The minimum atomic E-state index is 0. The quantitative estimate of drug-likeness (QED) is 0.827. The maximum absolute atomic E-state index is 12.6. The van der Waals surface area contributed by atoms with Crippen LogP contribution in [-0.2, 0) is 16.0 Å². The summed E-state index contributed by atoms with van der Waals surface area (Å²) in [4.78, 5) is 31.4. The number of hydrogen-bond acceptors (Lipinski definition) is 4. The second-order valence-corrected chi connectivity index (χ2v) is 8.65. The van der Waals surface area contributed by atoms with Crippen LogP contribution >= 0.6 is 23.7 Å². The predicted octanol–water partition coefficient (Wildman–Crippen LogP) is 2.53. The van der Waals surface area contributed by atoms with Crippen LogP contribution in [0.1, 0.15) is 41.0 Å². The lowest BCUT2D eigenvalue weighted by Gasteiger charge is -2.41. The van der Waals surface area contributed by atoms with E-state index in [9.17, 15) is 9.59 Å². The molecule has 2 fully saturated rings. The number of thiophene rings is 1. The number of amides is 2. The summed E-state index contributed by atoms with van der Waals surface area (Å²) in [6.45, 7) is 7.90. The Kier molecular flexibility index (Phi) is 7.92. The number of carbonyl (C=O) groups is 2. The molecule has 3 heterocycles. The molecule has 2 saturated heterocycles. The van der Waals surface area contributed by atoms with Gasteiger partial charge in [0.05, 0.1) is 6.54 Å². The summed E-state index contributed by atoms with van der Waals surface area (Å²) in [7, 11) is 0. The van der Waals surface area contributed by atoms with Crippen molar-refractivity contribution < 1.29 is 9.59 Å². The Balaban J connectivity index is 0.00000243. The van der Waals surface area contributed by atoms with Crippen molar-refractivity contribution in [3.8, 4) is 0 Å². The monoisotopic (exact) mass is 399 g/mol. The molecule has 0 radical (unpaired) electrons. The molecule has 2 aliphatic rings. The third-order valence-electron chi connectivity index (χ3n) is 5.30. The van der Waals surface area contributed by atoms with Gasteiger partial charge in [-0.25, -0.2) is 0 Å². The SMILES string of the molecule is Cc1cc(CCCC(=O)N2CCCC(N3CCNCC3=O)C2)c(C)s1.Cl. The number of piperidine rings is 1. The highest BCUT2D eigenvalue weighted by Crippen LogP contribution is 2.23. The summed E-state index contributed by atoms with van der Waals surface area (Å²) >= 11 is 1.83. The molecule has 0 aromatic carbocycles. The Labute approximate surface area is 166 Å². The average molecular weight is 400 g/mol. The lowest BCUT2D eigenvalue weighted by atomic mass is 10.0.